The molecule has 3 nitrogen and oxygen atoms in total. The van der Waals surface area contributed by atoms with Gasteiger partial charge in [-0.2, -0.15) is 0 Å². The van der Waals surface area contributed by atoms with Crippen LogP contribution in [0.4, 0.5) is 0 Å². The number of likely N-dealkylation sites (N-methyl/N-ethyl adjacent to an activating group) is 1. The minimum absolute atomic E-state index is 0.156. The van der Waals surface area contributed by atoms with E-state index >= 15 is 0 Å². The third-order valence-electron chi connectivity index (χ3n) is 2.69. The maximum Gasteiger partial charge on any atom is 0.253 e. The van der Waals surface area contributed by atoms with E-state index in [9.17, 15) is 4.79 Å². The number of amides is 1. The van der Waals surface area contributed by atoms with Crippen molar-refractivity contribution < 1.29 is 4.79 Å². The van der Waals surface area contributed by atoms with Gasteiger partial charge in [0.1, 0.15) is 0 Å². The van der Waals surface area contributed by atoms with Gasteiger partial charge < -0.3 is 9.80 Å². The van der Waals surface area contributed by atoms with Crippen molar-refractivity contribution in [3.63, 3.8) is 0 Å². The predicted molar refractivity (Wildman–Crippen MR) is 62.6 cm³/mol. The van der Waals surface area contributed by atoms with Crippen LogP contribution in [-0.4, -0.2) is 48.9 Å². The number of carbonyl (C=O) groups excluding carboxylic acids is 1. The molecule has 0 saturated carbocycles. The summed E-state index contributed by atoms with van der Waals surface area (Å²) in [5.74, 6) is 0.156. The number of rotatable bonds is 2. The molecule has 0 unspecified atom stereocenters. The fraction of sp³-hybridized carbons (Fsp3) is 0.583. The monoisotopic (exact) mass is 208 g/mol. The van der Waals surface area contributed by atoms with E-state index in [4.69, 9.17) is 0 Å². The Morgan fingerprint density at radius 2 is 1.73 bits per heavy atom. The smallest absolute Gasteiger partial charge is 0.253 e. The van der Waals surface area contributed by atoms with E-state index in [1.54, 1.807) is 0 Å². The van der Waals surface area contributed by atoms with E-state index in [1.807, 2.05) is 37.0 Å². The Labute approximate surface area is 92.0 Å². The highest BCUT2D eigenvalue weighted by molar-refractivity contribution is 5.96. The molecule has 1 amide bonds. The van der Waals surface area contributed by atoms with Gasteiger partial charge in [-0.05, 0) is 20.9 Å². The van der Waals surface area contributed by atoms with Gasteiger partial charge in [-0.15, -0.1) is 0 Å². The summed E-state index contributed by atoms with van der Waals surface area (Å²) in [7, 11) is 2.09. The molecule has 15 heavy (non-hydrogen) atoms. The second-order valence-electron chi connectivity index (χ2n) is 3.84. The fourth-order valence-corrected chi connectivity index (χ4v) is 1.66. The summed E-state index contributed by atoms with van der Waals surface area (Å²) in [6.07, 6.45) is 5.66. The summed E-state index contributed by atoms with van der Waals surface area (Å²) in [6.45, 7) is 7.45. The zero-order valence-corrected chi connectivity index (χ0v) is 9.86. The highest BCUT2D eigenvalue weighted by atomic mass is 16.2. The molecule has 0 N–H and O–H groups in total. The molecule has 0 bridgehead atoms. The van der Waals surface area contributed by atoms with Gasteiger partial charge in [0, 0.05) is 31.8 Å². The standard InChI is InChI=1S/C12H20N2O/c1-4-6-11(5-2)12(15)14-9-7-13(3)8-10-14/h4-6H,7-10H2,1-3H3/b6-4-,11-5+. The zero-order chi connectivity index (χ0) is 11.3. The van der Waals surface area contributed by atoms with Crippen LogP contribution in [0.5, 0.6) is 0 Å². The molecular formula is C12H20N2O. The van der Waals surface area contributed by atoms with Gasteiger partial charge >= 0.3 is 0 Å². The maximum atomic E-state index is 12.0. The molecule has 0 atom stereocenters. The molecule has 1 saturated heterocycles. The summed E-state index contributed by atoms with van der Waals surface area (Å²) >= 11 is 0. The molecule has 3 heteroatoms. The molecular weight excluding hydrogens is 188 g/mol. The van der Waals surface area contributed by atoms with E-state index in [1.165, 1.54) is 0 Å². The highest BCUT2D eigenvalue weighted by Gasteiger charge is 2.20. The lowest BCUT2D eigenvalue weighted by Crippen LogP contribution is -2.47. The largest absolute Gasteiger partial charge is 0.336 e. The number of hydrogen-bond donors (Lipinski definition) is 0. The average molecular weight is 208 g/mol. The third kappa shape index (κ3) is 3.20. The van der Waals surface area contributed by atoms with Crippen molar-refractivity contribution in [1.82, 2.24) is 9.80 Å². The molecule has 1 aliphatic rings. The minimum atomic E-state index is 0.156. The first kappa shape index (κ1) is 12.0. The van der Waals surface area contributed by atoms with Crippen LogP contribution in [0.25, 0.3) is 0 Å². The zero-order valence-electron chi connectivity index (χ0n) is 9.86. The Kier molecular flexibility index (Phi) is 4.56. The van der Waals surface area contributed by atoms with Crippen molar-refractivity contribution in [2.24, 2.45) is 0 Å². The molecule has 84 valence electrons. The van der Waals surface area contributed by atoms with Crippen molar-refractivity contribution in [1.29, 1.82) is 0 Å². The predicted octanol–water partition coefficient (Wildman–Crippen LogP) is 1.28. The van der Waals surface area contributed by atoms with Crippen LogP contribution in [0.1, 0.15) is 13.8 Å². The molecule has 1 fully saturated rings. The Balaban J connectivity index is 2.60. The van der Waals surface area contributed by atoms with Crippen LogP contribution in [0, 0.1) is 0 Å². The first-order valence-corrected chi connectivity index (χ1v) is 5.46. The van der Waals surface area contributed by atoms with Crippen molar-refractivity contribution >= 4 is 5.91 Å². The van der Waals surface area contributed by atoms with Crippen molar-refractivity contribution in [2.45, 2.75) is 13.8 Å². The molecule has 1 rings (SSSR count). The number of piperazine rings is 1. The van der Waals surface area contributed by atoms with Crippen LogP contribution in [0.3, 0.4) is 0 Å². The van der Waals surface area contributed by atoms with E-state index in [0.29, 0.717) is 0 Å². The second kappa shape index (κ2) is 5.71. The number of carbonyl (C=O) groups is 1. The topological polar surface area (TPSA) is 23.6 Å². The number of hydrogen-bond acceptors (Lipinski definition) is 2. The SMILES string of the molecule is C/C=C\C(=C/C)C(=O)N1CCN(C)CC1. The van der Waals surface area contributed by atoms with E-state index in [0.717, 1.165) is 31.8 Å². The molecule has 0 radical (unpaired) electrons. The van der Waals surface area contributed by atoms with Gasteiger partial charge in [0.2, 0.25) is 0 Å². The van der Waals surface area contributed by atoms with Crippen LogP contribution in [-0.2, 0) is 4.79 Å². The lowest BCUT2D eigenvalue weighted by Gasteiger charge is -2.32. The Morgan fingerprint density at radius 1 is 1.13 bits per heavy atom. The first-order valence-electron chi connectivity index (χ1n) is 5.46. The van der Waals surface area contributed by atoms with Gasteiger partial charge in [0.15, 0.2) is 0 Å². The Morgan fingerprint density at radius 3 is 2.20 bits per heavy atom. The van der Waals surface area contributed by atoms with Gasteiger partial charge in [-0.25, -0.2) is 0 Å². The highest BCUT2D eigenvalue weighted by Crippen LogP contribution is 2.07. The molecule has 1 aliphatic heterocycles. The van der Waals surface area contributed by atoms with Crippen LogP contribution < -0.4 is 0 Å². The van der Waals surface area contributed by atoms with Crippen LogP contribution in [0.2, 0.25) is 0 Å². The summed E-state index contributed by atoms with van der Waals surface area (Å²) in [5, 5.41) is 0. The lowest BCUT2D eigenvalue weighted by atomic mass is 10.2. The maximum absolute atomic E-state index is 12.0. The van der Waals surface area contributed by atoms with E-state index in [2.05, 4.69) is 11.9 Å². The lowest BCUT2D eigenvalue weighted by molar-refractivity contribution is -0.128. The van der Waals surface area contributed by atoms with Crippen LogP contribution >= 0.6 is 0 Å². The van der Waals surface area contributed by atoms with Crippen LogP contribution in [0.15, 0.2) is 23.8 Å². The van der Waals surface area contributed by atoms with Crippen molar-refractivity contribution in [3.8, 4) is 0 Å². The normalized spacial score (nSPS) is 19.9. The summed E-state index contributed by atoms with van der Waals surface area (Å²) < 4.78 is 0. The molecule has 1 heterocycles. The third-order valence-corrected chi connectivity index (χ3v) is 2.69. The number of allylic oxidation sites excluding steroid dienone is 2. The summed E-state index contributed by atoms with van der Waals surface area (Å²) in [6, 6.07) is 0. The minimum Gasteiger partial charge on any atom is -0.336 e. The van der Waals surface area contributed by atoms with Gasteiger partial charge in [0.25, 0.3) is 5.91 Å². The van der Waals surface area contributed by atoms with E-state index in [-0.39, 0.29) is 5.91 Å². The average Bonchev–Trinajstić information content (AvgIpc) is 2.26. The molecule has 0 aromatic heterocycles. The molecule has 0 aromatic rings. The van der Waals surface area contributed by atoms with Crippen molar-refractivity contribution in [2.75, 3.05) is 33.2 Å². The summed E-state index contributed by atoms with van der Waals surface area (Å²) in [5.41, 5.74) is 0.794. The first-order chi connectivity index (χ1) is 7.19. The molecule has 0 aliphatic carbocycles. The van der Waals surface area contributed by atoms with Gasteiger partial charge in [0.05, 0.1) is 0 Å². The fourth-order valence-electron chi connectivity index (χ4n) is 1.66. The quantitative estimate of drug-likeness (QED) is 0.504. The second-order valence-corrected chi connectivity index (χ2v) is 3.84. The Hall–Kier alpha value is -1.09. The van der Waals surface area contributed by atoms with Gasteiger partial charge in [-0.1, -0.05) is 18.2 Å². The number of nitrogens with zero attached hydrogens (tertiary/aromatic N) is 2. The van der Waals surface area contributed by atoms with Crippen molar-refractivity contribution in [3.05, 3.63) is 23.8 Å². The molecule has 0 spiro atoms. The molecule has 0 aromatic carbocycles. The Bertz CT molecular complexity index is 273. The van der Waals surface area contributed by atoms with E-state index < -0.39 is 0 Å². The summed E-state index contributed by atoms with van der Waals surface area (Å²) in [4.78, 5) is 16.2. The van der Waals surface area contributed by atoms with Gasteiger partial charge in [-0.3, -0.25) is 4.79 Å².